The minimum atomic E-state index is -3.90. The highest BCUT2D eigenvalue weighted by Crippen LogP contribution is 2.33. The van der Waals surface area contributed by atoms with Crippen LogP contribution in [-0.4, -0.2) is 57.1 Å². The Morgan fingerprint density at radius 2 is 1.78 bits per heavy atom. The van der Waals surface area contributed by atoms with Crippen LogP contribution in [0.4, 0.5) is 5.69 Å². The molecule has 8 nitrogen and oxygen atoms in total. The Morgan fingerprint density at radius 3 is 2.38 bits per heavy atom. The third kappa shape index (κ3) is 7.85. The molecule has 0 bridgehead atoms. The molecule has 1 aliphatic carbocycles. The van der Waals surface area contributed by atoms with Gasteiger partial charge >= 0.3 is 0 Å². The first-order valence-electron chi connectivity index (χ1n) is 12.6. The van der Waals surface area contributed by atoms with Gasteiger partial charge in [0.1, 0.15) is 18.3 Å². The minimum absolute atomic E-state index is 0.0900. The molecule has 0 unspecified atom stereocenters. The molecule has 37 heavy (non-hydrogen) atoms. The molecule has 0 aliphatic heterocycles. The smallest absolute Gasteiger partial charge is 0.244 e. The number of sulfonamides is 1. The first kappa shape index (κ1) is 28.8. The highest BCUT2D eigenvalue weighted by molar-refractivity contribution is 7.92. The van der Waals surface area contributed by atoms with Crippen molar-refractivity contribution in [2.45, 2.75) is 64.1 Å². The molecule has 2 aromatic carbocycles. The lowest BCUT2D eigenvalue weighted by Gasteiger charge is -2.34. The molecule has 0 aromatic heterocycles. The van der Waals surface area contributed by atoms with Gasteiger partial charge in [-0.25, -0.2) is 8.42 Å². The van der Waals surface area contributed by atoms with Crippen molar-refractivity contribution >= 4 is 39.1 Å². The maximum atomic E-state index is 13.8. The fraction of sp³-hybridized carbons (Fsp3) is 0.481. The number of anilines is 1. The Bertz CT molecular complexity index is 1170. The second-order valence-corrected chi connectivity index (χ2v) is 11.7. The van der Waals surface area contributed by atoms with Gasteiger partial charge in [-0.1, -0.05) is 68.1 Å². The number of nitrogens with one attached hydrogen (secondary N) is 1. The largest absolute Gasteiger partial charge is 0.495 e. The average molecular weight is 550 g/mol. The lowest BCUT2D eigenvalue weighted by Crippen LogP contribution is -2.54. The molecule has 0 saturated heterocycles. The quantitative estimate of drug-likeness (QED) is 0.449. The van der Waals surface area contributed by atoms with E-state index in [0.717, 1.165) is 48.2 Å². The summed E-state index contributed by atoms with van der Waals surface area (Å²) in [5.41, 5.74) is 0.997. The molecular formula is C27H36ClN3O5S. The third-order valence-electron chi connectivity index (χ3n) is 6.62. The minimum Gasteiger partial charge on any atom is -0.495 e. The molecule has 0 heterocycles. The zero-order valence-electron chi connectivity index (χ0n) is 21.7. The SMILES string of the molecule is CC[C@H](C(=O)NC1CCCCC1)N(Cc1ccccc1)C(=O)CN(c1cc(Cl)ccc1OC)S(C)(=O)=O. The van der Waals surface area contributed by atoms with Gasteiger partial charge in [0.2, 0.25) is 21.8 Å². The van der Waals surface area contributed by atoms with Crippen molar-refractivity contribution in [2.75, 3.05) is 24.2 Å². The van der Waals surface area contributed by atoms with Gasteiger partial charge in [0, 0.05) is 17.6 Å². The van der Waals surface area contributed by atoms with Crippen molar-refractivity contribution in [3.63, 3.8) is 0 Å². The van der Waals surface area contributed by atoms with Crippen LogP contribution in [0.1, 0.15) is 51.0 Å². The number of nitrogens with zero attached hydrogens (tertiary/aromatic N) is 2. The summed E-state index contributed by atoms with van der Waals surface area (Å²) in [6.45, 7) is 1.51. The molecule has 0 radical (unpaired) electrons. The van der Waals surface area contributed by atoms with Gasteiger partial charge in [0.05, 0.1) is 19.1 Å². The molecule has 3 rings (SSSR count). The first-order valence-corrected chi connectivity index (χ1v) is 14.8. The van der Waals surface area contributed by atoms with E-state index in [1.165, 1.54) is 18.1 Å². The second-order valence-electron chi connectivity index (χ2n) is 9.36. The number of hydrogen-bond donors (Lipinski definition) is 1. The summed E-state index contributed by atoms with van der Waals surface area (Å²) in [5, 5.41) is 3.43. The van der Waals surface area contributed by atoms with E-state index in [2.05, 4.69) is 5.32 Å². The number of carbonyl (C=O) groups is 2. The summed E-state index contributed by atoms with van der Waals surface area (Å²) in [6.07, 6.45) is 6.55. The molecule has 1 aliphatic rings. The number of methoxy groups -OCH3 is 1. The van der Waals surface area contributed by atoms with E-state index in [1.54, 1.807) is 12.1 Å². The van der Waals surface area contributed by atoms with E-state index in [1.807, 2.05) is 37.3 Å². The van der Waals surface area contributed by atoms with Crippen molar-refractivity contribution in [1.29, 1.82) is 0 Å². The van der Waals surface area contributed by atoms with Gasteiger partial charge < -0.3 is 15.0 Å². The van der Waals surface area contributed by atoms with Crippen molar-refractivity contribution in [3.05, 3.63) is 59.1 Å². The number of ether oxygens (including phenoxy) is 1. The van der Waals surface area contributed by atoms with Crippen molar-refractivity contribution in [1.82, 2.24) is 10.2 Å². The number of amides is 2. The number of hydrogen-bond acceptors (Lipinski definition) is 5. The van der Waals surface area contributed by atoms with E-state index in [9.17, 15) is 18.0 Å². The van der Waals surface area contributed by atoms with E-state index < -0.39 is 28.5 Å². The van der Waals surface area contributed by atoms with E-state index in [0.29, 0.717) is 11.4 Å². The Hall–Kier alpha value is -2.78. The zero-order chi connectivity index (χ0) is 27.0. The Morgan fingerprint density at radius 1 is 1.11 bits per heavy atom. The van der Waals surface area contributed by atoms with Gasteiger partial charge in [-0.05, 0) is 43.0 Å². The van der Waals surface area contributed by atoms with Crippen LogP contribution < -0.4 is 14.4 Å². The van der Waals surface area contributed by atoms with Crippen LogP contribution in [0.25, 0.3) is 0 Å². The molecule has 2 aromatic rings. The van der Waals surface area contributed by atoms with Crippen LogP contribution in [0, 0.1) is 0 Å². The van der Waals surface area contributed by atoms with Gasteiger partial charge in [-0.3, -0.25) is 13.9 Å². The molecule has 1 saturated carbocycles. The van der Waals surface area contributed by atoms with Crippen LogP contribution in [0.3, 0.4) is 0 Å². The van der Waals surface area contributed by atoms with Crippen molar-refractivity contribution in [2.24, 2.45) is 0 Å². The molecule has 0 spiro atoms. The van der Waals surface area contributed by atoms with E-state index in [4.69, 9.17) is 16.3 Å². The van der Waals surface area contributed by atoms with E-state index in [-0.39, 0.29) is 29.9 Å². The number of rotatable bonds is 11. The van der Waals surface area contributed by atoms with Crippen LogP contribution in [0.2, 0.25) is 5.02 Å². The summed E-state index contributed by atoms with van der Waals surface area (Å²) in [4.78, 5) is 28.7. The summed E-state index contributed by atoms with van der Waals surface area (Å²) >= 11 is 6.16. The lowest BCUT2D eigenvalue weighted by atomic mass is 9.95. The molecule has 1 N–H and O–H groups in total. The zero-order valence-corrected chi connectivity index (χ0v) is 23.2. The van der Waals surface area contributed by atoms with Gasteiger partial charge in [0.15, 0.2) is 0 Å². The van der Waals surface area contributed by atoms with E-state index >= 15 is 0 Å². The summed E-state index contributed by atoms with van der Waals surface area (Å²) < 4.78 is 32.0. The molecule has 10 heteroatoms. The summed E-state index contributed by atoms with van der Waals surface area (Å²) in [5.74, 6) is -0.453. The molecule has 1 atom stereocenters. The second kappa shape index (κ2) is 13.1. The predicted molar refractivity (Wildman–Crippen MR) is 146 cm³/mol. The first-order chi connectivity index (χ1) is 17.6. The maximum Gasteiger partial charge on any atom is 0.244 e. The van der Waals surface area contributed by atoms with Crippen molar-refractivity contribution in [3.8, 4) is 5.75 Å². The van der Waals surface area contributed by atoms with Gasteiger partial charge in [-0.15, -0.1) is 0 Å². The van der Waals surface area contributed by atoms with Crippen LogP contribution in [-0.2, 0) is 26.2 Å². The molecule has 202 valence electrons. The molecular weight excluding hydrogens is 514 g/mol. The number of benzene rings is 2. The van der Waals surface area contributed by atoms with Gasteiger partial charge in [0.25, 0.3) is 0 Å². The highest BCUT2D eigenvalue weighted by atomic mass is 35.5. The fourth-order valence-corrected chi connectivity index (χ4v) is 5.71. The fourth-order valence-electron chi connectivity index (χ4n) is 4.70. The number of halogens is 1. The normalized spacial score (nSPS) is 15.0. The molecule has 1 fully saturated rings. The van der Waals surface area contributed by atoms with Crippen molar-refractivity contribution < 1.29 is 22.7 Å². The topological polar surface area (TPSA) is 96.0 Å². The third-order valence-corrected chi connectivity index (χ3v) is 7.98. The standard InChI is InChI=1S/C27H36ClN3O5S/c1-4-23(27(33)29-22-13-9-6-10-14-22)30(18-20-11-7-5-8-12-20)26(32)19-31(37(3,34)35)24-17-21(28)15-16-25(24)36-2/h5,7-8,11-12,15-17,22-23H,4,6,9-10,13-14,18-19H2,1-3H3,(H,29,33)/t23-/m1/s1. The number of carbonyl (C=O) groups excluding carboxylic acids is 2. The maximum absolute atomic E-state index is 13.8. The monoisotopic (exact) mass is 549 g/mol. The summed E-state index contributed by atoms with van der Waals surface area (Å²) in [6, 6.07) is 13.3. The average Bonchev–Trinajstić information content (AvgIpc) is 2.87. The van der Waals surface area contributed by atoms with Crippen LogP contribution >= 0.6 is 11.6 Å². The highest BCUT2D eigenvalue weighted by Gasteiger charge is 2.33. The van der Waals surface area contributed by atoms with Gasteiger partial charge in [-0.2, -0.15) is 0 Å². The molecule has 2 amide bonds. The Labute approximate surface area is 225 Å². The predicted octanol–water partition coefficient (Wildman–Crippen LogP) is 4.37. The Balaban J connectivity index is 1.94. The Kier molecular flexibility index (Phi) is 10.2. The van der Waals surface area contributed by atoms with Crippen LogP contribution in [0.15, 0.2) is 48.5 Å². The lowest BCUT2D eigenvalue weighted by molar-refractivity contribution is -0.140. The van der Waals surface area contributed by atoms with Crippen LogP contribution in [0.5, 0.6) is 5.75 Å². The summed E-state index contributed by atoms with van der Waals surface area (Å²) in [7, 11) is -2.48.